The third-order valence-electron chi connectivity index (χ3n) is 3.93. The van der Waals surface area contributed by atoms with Crippen LogP contribution in [-0.4, -0.2) is 24.3 Å². The Hall–Kier alpha value is -2.66. The second-order valence-electron chi connectivity index (χ2n) is 5.95. The molecule has 0 saturated heterocycles. The third kappa shape index (κ3) is 3.67. The van der Waals surface area contributed by atoms with Gasteiger partial charge in [-0.05, 0) is 25.1 Å². The molecule has 0 aliphatic rings. The fourth-order valence-electron chi connectivity index (χ4n) is 2.60. The van der Waals surface area contributed by atoms with Crippen LogP contribution in [-0.2, 0) is 10.0 Å². The Balaban J connectivity index is 1.61. The van der Waals surface area contributed by atoms with Crippen molar-refractivity contribution >= 4 is 54.0 Å². The molecule has 4 aromatic rings. The number of aryl methyl sites for hydroxylation is 1. The number of benzene rings is 2. The van der Waals surface area contributed by atoms with Gasteiger partial charge in [0.1, 0.15) is 9.88 Å². The quantitative estimate of drug-likeness (QED) is 0.513. The lowest BCUT2D eigenvalue weighted by Crippen LogP contribution is -2.11. The van der Waals surface area contributed by atoms with Gasteiger partial charge in [0, 0.05) is 5.56 Å². The summed E-state index contributed by atoms with van der Waals surface area (Å²) >= 11 is 2.49. The van der Waals surface area contributed by atoms with Crippen molar-refractivity contribution in [1.29, 1.82) is 0 Å². The Morgan fingerprint density at radius 3 is 2.54 bits per heavy atom. The minimum atomic E-state index is -3.80. The molecule has 0 aliphatic heterocycles. The van der Waals surface area contributed by atoms with Crippen LogP contribution < -0.4 is 10.5 Å². The molecule has 0 bridgehead atoms. The van der Waals surface area contributed by atoms with Crippen LogP contribution in [0.4, 0.5) is 5.13 Å². The summed E-state index contributed by atoms with van der Waals surface area (Å²) in [6.07, 6.45) is 0. The van der Waals surface area contributed by atoms with Crippen molar-refractivity contribution in [2.24, 2.45) is 5.14 Å². The molecule has 28 heavy (non-hydrogen) atoms. The molecule has 0 spiro atoms. The predicted octanol–water partition coefficient (Wildman–Crippen LogP) is 3.63. The van der Waals surface area contributed by atoms with Crippen LogP contribution in [0.3, 0.4) is 0 Å². The van der Waals surface area contributed by atoms with Gasteiger partial charge in [-0.3, -0.25) is 10.1 Å². The molecule has 0 atom stereocenters. The van der Waals surface area contributed by atoms with E-state index in [2.05, 4.69) is 15.3 Å². The molecule has 0 saturated carbocycles. The molecule has 0 fully saturated rings. The van der Waals surface area contributed by atoms with E-state index in [4.69, 9.17) is 5.14 Å². The van der Waals surface area contributed by atoms with Gasteiger partial charge in [-0.25, -0.2) is 23.5 Å². The number of nitrogens with zero attached hydrogens (tertiary/aromatic N) is 2. The van der Waals surface area contributed by atoms with Crippen molar-refractivity contribution < 1.29 is 13.2 Å². The van der Waals surface area contributed by atoms with Crippen LogP contribution in [0.1, 0.15) is 15.4 Å². The van der Waals surface area contributed by atoms with E-state index in [1.54, 1.807) is 13.0 Å². The minimum Gasteiger partial charge on any atom is -0.297 e. The fourth-order valence-corrected chi connectivity index (χ4v) is 5.08. The van der Waals surface area contributed by atoms with E-state index >= 15 is 0 Å². The second kappa shape index (κ2) is 7.06. The number of hydrogen-bond donors (Lipinski definition) is 2. The highest BCUT2D eigenvalue weighted by Crippen LogP contribution is 2.31. The SMILES string of the molecule is Cc1nc(-c2ccccc2)sc1C(=O)Nc1nc2ccc(S(N)(=O)=O)cc2s1. The molecular weight excluding hydrogens is 416 g/mol. The lowest BCUT2D eigenvalue weighted by molar-refractivity contribution is 0.103. The first-order valence-corrected chi connectivity index (χ1v) is 11.3. The molecule has 142 valence electrons. The maximum absolute atomic E-state index is 12.7. The predicted molar refractivity (Wildman–Crippen MR) is 111 cm³/mol. The summed E-state index contributed by atoms with van der Waals surface area (Å²) in [5.41, 5.74) is 2.17. The molecule has 1 amide bonds. The van der Waals surface area contributed by atoms with E-state index in [1.165, 1.54) is 34.8 Å². The van der Waals surface area contributed by atoms with Gasteiger partial charge in [-0.1, -0.05) is 41.7 Å². The third-order valence-corrected chi connectivity index (χ3v) is 6.98. The fraction of sp³-hybridized carbons (Fsp3) is 0.0556. The van der Waals surface area contributed by atoms with Crippen molar-refractivity contribution in [3.8, 4) is 10.6 Å². The molecule has 2 aromatic heterocycles. The molecule has 7 nitrogen and oxygen atoms in total. The zero-order valence-corrected chi connectivity index (χ0v) is 17.0. The number of amides is 1. The van der Waals surface area contributed by atoms with Crippen LogP contribution in [0.15, 0.2) is 53.4 Å². The van der Waals surface area contributed by atoms with Crippen molar-refractivity contribution in [3.05, 3.63) is 59.1 Å². The van der Waals surface area contributed by atoms with Crippen molar-refractivity contribution in [3.63, 3.8) is 0 Å². The summed E-state index contributed by atoms with van der Waals surface area (Å²) in [5, 5.41) is 9.07. The number of primary sulfonamides is 1. The molecule has 3 N–H and O–H groups in total. The van der Waals surface area contributed by atoms with E-state index < -0.39 is 10.0 Å². The largest absolute Gasteiger partial charge is 0.297 e. The Kier molecular flexibility index (Phi) is 4.71. The summed E-state index contributed by atoms with van der Waals surface area (Å²) in [6, 6.07) is 14.0. The number of carbonyl (C=O) groups excluding carboxylic acids is 1. The standard InChI is InChI=1S/C18H14N4O3S3/c1-10-15(27-17(20-10)11-5-3-2-4-6-11)16(23)22-18-21-13-8-7-12(28(19,24)25)9-14(13)26-18/h2-9H,1H3,(H2,19,24,25)(H,21,22,23). The lowest BCUT2D eigenvalue weighted by Gasteiger charge is -1.98. The lowest BCUT2D eigenvalue weighted by atomic mass is 10.2. The first kappa shape index (κ1) is 18.7. The van der Waals surface area contributed by atoms with Gasteiger partial charge in [0.05, 0.1) is 20.8 Å². The number of aromatic nitrogens is 2. The Morgan fingerprint density at radius 2 is 1.82 bits per heavy atom. The van der Waals surface area contributed by atoms with Gasteiger partial charge in [0.2, 0.25) is 10.0 Å². The Bertz CT molecular complexity index is 1290. The van der Waals surface area contributed by atoms with E-state index in [1.807, 2.05) is 30.3 Å². The number of nitrogens with one attached hydrogen (secondary N) is 1. The Labute approximate surface area is 168 Å². The highest BCUT2D eigenvalue weighted by Gasteiger charge is 2.18. The minimum absolute atomic E-state index is 0.00679. The second-order valence-corrected chi connectivity index (χ2v) is 9.54. The zero-order valence-electron chi connectivity index (χ0n) is 14.5. The maximum atomic E-state index is 12.7. The van der Waals surface area contributed by atoms with Crippen LogP contribution >= 0.6 is 22.7 Å². The molecule has 0 unspecified atom stereocenters. The molecule has 0 aliphatic carbocycles. The van der Waals surface area contributed by atoms with Gasteiger partial charge in [0.25, 0.3) is 5.91 Å². The summed E-state index contributed by atoms with van der Waals surface area (Å²) in [6.45, 7) is 1.79. The molecule has 4 rings (SSSR count). The first-order valence-electron chi connectivity index (χ1n) is 8.09. The van der Waals surface area contributed by atoms with Gasteiger partial charge >= 0.3 is 0 Å². The average molecular weight is 431 g/mol. The molecule has 2 aromatic carbocycles. The van der Waals surface area contributed by atoms with Gasteiger partial charge in [-0.2, -0.15) is 0 Å². The molecule has 0 radical (unpaired) electrons. The summed E-state index contributed by atoms with van der Waals surface area (Å²) < 4.78 is 23.6. The molecular formula is C18H14N4O3S3. The monoisotopic (exact) mass is 430 g/mol. The van der Waals surface area contributed by atoms with Crippen LogP contribution in [0.2, 0.25) is 0 Å². The van der Waals surface area contributed by atoms with E-state index in [-0.39, 0.29) is 10.8 Å². The number of thiazole rings is 2. The normalized spacial score (nSPS) is 11.6. The summed E-state index contributed by atoms with van der Waals surface area (Å²) in [5.74, 6) is -0.303. The smallest absolute Gasteiger partial charge is 0.269 e. The number of carbonyl (C=O) groups is 1. The Morgan fingerprint density at radius 1 is 1.07 bits per heavy atom. The number of fused-ring (bicyclic) bond motifs is 1. The van der Waals surface area contributed by atoms with Crippen LogP contribution in [0.25, 0.3) is 20.8 Å². The maximum Gasteiger partial charge on any atom is 0.269 e. The highest BCUT2D eigenvalue weighted by atomic mass is 32.2. The van der Waals surface area contributed by atoms with Crippen molar-refractivity contribution in [1.82, 2.24) is 9.97 Å². The van der Waals surface area contributed by atoms with Gasteiger partial charge < -0.3 is 0 Å². The van der Waals surface area contributed by atoms with Crippen molar-refractivity contribution in [2.75, 3.05) is 5.32 Å². The van der Waals surface area contributed by atoms with E-state index in [0.717, 1.165) is 10.6 Å². The highest BCUT2D eigenvalue weighted by molar-refractivity contribution is 7.89. The van der Waals surface area contributed by atoms with Crippen molar-refractivity contribution in [2.45, 2.75) is 11.8 Å². The number of anilines is 1. The summed E-state index contributed by atoms with van der Waals surface area (Å²) in [4.78, 5) is 22.0. The number of rotatable bonds is 4. The number of hydrogen-bond acceptors (Lipinski definition) is 7. The van der Waals surface area contributed by atoms with E-state index in [9.17, 15) is 13.2 Å². The van der Waals surface area contributed by atoms with E-state index in [0.29, 0.717) is 25.9 Å². The van der Waals surface area contributed by atoms with Gasteiger partial charge in [-0.15, -0.1) is 11.3 Å². The van der Waals surface area contributed by atoms with Gasteiger partial charge in [0.15, 0.2) is 5.13 Å². The molecule has 2 heterocycles. The topological polar surface area (TPSA) is 115 Å². The molecule has 10 heteroatoms. The first-order chi connectivity index (χ1) is 13.3. The van der Waals surface area contributed by atoms with Crippen LogP contribution in [0, 0.1) is 6.92 Å². The van der Waals surface area contributed by atoms with Crippen LogP contribution in [0.5, 0.6) is 0 Å². The average Bonchev–Trinajstić information content (AvgIpc) is 3.23. The zero-order chi connectivity index (χ0) is 19.9. The summed E-state index contributed by atoms with van der Waals surface area (Å²) in [7, 11) is -3.80. The number of sulfonamides is 1. The number of nitrogens with two attached hydrogens (primary N) is 1.